The summed E-state index contributed by atoms with van der Waals surface area (Å²) in [5, 5.41) is 19.2. The summed E-state index contributed by atoms with van der Waals surface area (Å²) in [6.45, 7) is 3.23. The Morgan fingerprint density at radius 3 is 2.43 bits per heavy atom. The lowest BCUT2D eigenvalue weighted by Crippen LogP contribution is -2.23. The van der Waals surface area contributed by atoms with E-state index in [1.807, 2.05) is 66.9 Å². The van der Waals surface area contributed by atoms with Gasteiger partial charge in [0.2, 0.25) is 5.91 Å². The molecule has 0 saturated heterocycles. The summed E-state index contributed by atoms with van der Waals surface area (Å²) >= 11 is 1.55. The molecule has 3 N–H and O–H groups in total. The molecule has 0 spiro atoms. The zero-order valence-electron chi connectivity index (χ0n) is 16.7. The van der Waals surface area contributed by atoms with Crippen molar-refractivity contribution >= 4 is 47.7 Å². The minimum absolute atomic E-state index is 0. The van der Waals surface area contributed by atoms with Crippen LogP contribution < -0.4 is 10.6 Å². The number of nitrogens with zero attached hydrogens (tertiary/aromatic N) is 1. The van der Waals surface area contributed by atoms with Crippen LogP contribution in [0.2, 0.25) is 0 Å². The second-order valence-corrected chi connectivity index (χ2v) is 7.72. The maximum absolute atomic E-state index is 12.1. The summed E-state index contributed by atoms with van der Waals surface area (Å²) in [5.41, 5.74) is 3.69. The van der Waals surface area contributed by atoms with Crippen LogP contribution in [0.1, 0.15) is 27.9 Å². The molecule has 0 aliphatic carbocycles. The van der Waals surface area contributed by atoms with Crippen molar-refractivity contribution in [1.82, 2.24) is 10.3 Å². The molecule has 5 nitrogen and oxygen atoms in total. The molecule has 8 heteroatoms. The van der Waals surface area contributed by atoms with Crippen LogP contribution >= 0.6 is 36.2 Å². The molecule has 0 aliphatic rings. The lowest BCUT2D eigenvalue weighted by atomic mass is 10.1. The van der Waals surface area contributed by atoms with Crippen LogP contribution in [-0.4, -0.2) is 29.1 Å². The van der Waals surface area contributed by atoms with Crippen LogP contribution in [0.25, 0.3) is 0 Å². The van der Waals surface area contributed by atoms with E-state index in [4.69, 9.17) is 0 Å². The van der Waals surface area contributed by atoms with Crippen molar-refractivity contribution in [3.8, 4) is 0 Å². The number of aryl methyl sites for hydroxylation is 1. The predicted octanol–water partition coefficient (Wildman–Crippen LogP) is 4.34. The second kappa shape index (κ2) is 13.4. The summed E-state index contributed by atoms with van der Waals surface area (Å²) in [6.07, 6.45) is 0.647. The lowest BCUT2D eigenvalue weighted by molar-refractivity contribution is -0.115. The van der Waals surface area contributed by atoms with E-state index in [0.717, 1.165) is 34.9 Å². The first-order valence-electron chi connectivity index (χ1n) is 9.33. The van der Waals surface area contributed by atoms with Gasteiger partial charge in [0, 0.05) is 17.6 Å². The molecule has 3 aromatic rings. The first kappa shape index (κ1) is 26.1. The molecule has 30 heavy (non-hydrogen) atoms. The van der Waals surface area contributed by atoms with Crippen LogP contribution in [0, 0.1) is 6.92 Å². The fourth-order valence-corrected chi connectivity index (χ4v) is 3.49. The number of thiazole rings is 1. The van der Waals surface area contributed by atoms with Gasteiger partial charge in [0.25, 0.3) is 0 Å². The quantitative estimate of drug-likeness (QED) is 0.409. The number of amides is 1. The van der Waals surface area contributed by atoms with Gasteiger partial charge >= 0.3 is 0 Å². The Morgan fingerprint density at radius 1 is 1.10 bits per heavy atom. The average Bonchev–Trinajstić information content (AvgIpc) is 3.11. The third kappa shape index (κ3) is 8.42. The highest BCUT2D eigenvalue weighted by molar-refractivity contribution is 7.09. The van der Waals surface area contributed by atoms with Gasteiger partial charge in [-0.2, -0.15) is 0 Å². The van der Waals surface area contributed by atoms with Gasteiger partial charge in [-0.1, -0.05) is 42.5 Å². The van der Waals surface area contributed by atoms with E-state index >= 15 is 0 Å². The number of hydrogen-bond acceptors (Lipinski definition) is 5. The van der Waals surface area contributed by atoms with Crippen molar-refractivity contribution in [2.24, 2.45) is 0 Å². The van der Waals surface area contributed by atoms with Crippen LogP contribution in [0.15, 0.2) is 60.0 Å². The number of hydrogen-bond donors (Lipinski definition) is 3. The van der Waals surface area contributed by atoms with Gasteiger partial charge in [-0.05, 0) is 43.1 Å². The topological polar surface area (TPSA) is 74.2 Å². The van der Waals surface area contributed by atoms with Crippen LogP contribution in [-0.2, 0) is 17.6 Å². The summed E-state index contributed by atoms with van der Waals surface area (Å²) in [5.74, 6) is -0.0605. The maximum atomic E-state index is 12.1. The van der Waals surface area contributed by atoms with Crippen LogP contribution in [0.3, 0.4) is 0 Å². The van der Waals surface area contributed by atoms with E-state index in [2.05, 4.69) is 15.6 Å². The average molecular weight is 468 g/mol. The smallest absolute Gasteiger partial charge is 0.230 e. The van der Waals surface area contributed by atoms with Gasteiger partial charge in [-0.25, -0.2) is 4.98 Å². The maximum Gasteiger partial charge on any atom is 0.230 e. The van der Waals surface area contributed by atoms with E-state index in [9.17, 15) is 9.90 Å². The van der Waals surface area contributed by atoms with Crippen molar-refractivity contribution in [2.45, 2.75) is 25.9 Å². The lowest BCUT2D eigenvalue weighted by Gasteiger charge is -2.12. The van der Waals surface area contributed by atoms with Crippen LogP contribution in [0.4, 0.5) is 5.69 Å². The molecular weight excluding hydrogens is 441 g/mol. The molecule has 0 fully saturated rings. The Hall–Kier alpha value is -1.96. The van der Waals surface area contributed by atoms with E-state index in [0.29, 0.717) is 13.0 Å². The second-order valence-electron chi connectivity index (χ2n) is 6.66. The third-order valence-electron chi connectivity index (χ3n) is 4.36. The zero-order chi connectivity index (χ0) is 19.8. The number of benzene rings is 2. The number of aromatic nitrogens is 1. The summed E-state index contributed by atoms with van der Waals surface area (Å²) in [6, 6.07) is 17.5. The normalized spacial score (nSPS) is 11.1. The van der Waals surface area contributed by atoms with E-state index in [-0.39, 0.29) is 30.7 Å². The monoisotopic (exact) mass is 467 g/mol. The summed E-state index contributed by atoms with van der Waals surface area (Å²) < 4.78 is 0. The Bertz CT molecular complexity index is 889. The highest BCUT2D eigenvalue weighted by Crippen LogP contribution is 2.13. The van der Waals surface area contributed by atoms with Crippen molar-refractivity contribution in [3.63, 3.8) is 0 Å². The Morgan fingerprint density at radius 2 is 1.80 bits per heavy atom. The highest BCUT2D eigenvalue weighted by atomic mass is 35.5. The van der Waals surface area contributed by atoms with Gasteiger partial charge < -0.3 is 15.7 Å². The van der Waals surface area contributed by atoms with Crippen molar-refractivity contribution in [2.75, 3.05) is 18.4 Å². The number of anilines is 1. The van der Waals surface area contributed by atoms with Gasteiger partial charge in [0.15, 0.2) is 0 Å². The molecule has 2 aromatic carbocycles. The predicted molar refractivity (Wildman–Crippen MR) is 128 cm³/mol. The number of aliphatic hydroxyl groups is 1. The molecule has 0 bridgehead atoms. The molecule has 0 aliphatic heterocycles. The fraction of sp³-hybridized carbons (Fsp3) is 0.273. The summed E-state index contributed by atoms with van der Waals surface area (Å²) in [4.78, 5) is 16.4. The van der Waals surface area contributed by atoms with Gasteiger partial charge in [0.1, 0.15) is 0 Å². The molecule has 0 radical (unpaired) electrons. The molecule has 3 rings (SSSR count). The number of nitrogens with one attached hydrogen (secondary N) is 2. The molecule has 1 heterocycles. The minimum Gasteiger partial charge on any atom is -0.387 e. The number of aliphatic hydroxyl groups excluding tert-OH is 1. The molecular formula is C22H27Cl2N3O2S. The Labute approximate surface area is 193 Å². The minimum atomic E-state index is -0.500. The molecule has 1 atom stereocenters. The van der Waals surface area contributed by atoms with Gasteiger partial charge in [-0.3, -0.25) is 4.79 Å². The molecule has 0 saturated carbocycles. The third-order valence-corrected chi connectivity index (χ3v) is 5.18. The molecule has 1 amide bonds. The van der Waals surface area contributed by atoms with Crippen molar-refractivity contribution in [3.05, 3.63) is 81.8 Å². The largest absolute Gasteiger partial charge is 0.387 e. The molecule has 0 unspecified atom stereocenters. The van der Waals surface area contributed by atoms with Crippen molar-refractivity contribution in [1.29, 1.82) is 0 Å². The molecule has 162 valence electrons. The number of halogens is 2. The van der Waals surface area contributed by atoms with E-state index in [1.54, 1.807) is 11.3 Å². The first-order valence-corrected chi connectivity index (χ1v) is 10.2. The Kier molecular flexibility index (Phi) is 11.6. The standard InChI is InChI=1S/C22H25N3O2S.2ClH/c1-16-24-20(15-28-16)13-22(27)25-19-9-7-17(8-10-19)11-12-23-14-21(26)18-5-3-2-4-6-18;;/h2-10,15,21,23,26H,11-14H2,1H3,(H,25,27);2*1H/t21-;;/m0../s1. The van der Waals surface area contributed by atoms with Gasteiger partial charge in [-0.15, -0.1) is 36.2 Å². The number of rotatable bonds is 9. The Balaban J connectivity index is 0.00000225. The SMILES string of the molecule is Cc1nc(CC(=O)Nc2ccc(CCNC[C@H](O)c3ccccc3)cc2)cs1.Cl.Cl. The number of carbonyl (C=O) groups is 1. The van der Waals surface area contributed by atoms with Crippen molar-refractivity contribution < 1.29 is 9.90 Å². The van der Waals surface area contributed by atoms with E-state index < -0.39 is 6.10 Å². The first-order chi connectivity index (χ1) is 13.6. The zero-order valence-corrected chi connectivity index (χ0v) is 19.2. The highest BCUT2D eigenvalue weighted by Gasteiger charge is 2.08. The number of carbonyl (C=O) groups excluding carboxylic acids is 1. The van der Waals surface area contributed by atoms with Crippen LogP contribution in [0.5, 0.6) is 0 Å². The fourth-order valence-electron chi connectivity index (χ4n) is 2.88. The van der Waals surface area contributed by atoms with Gasteiger partial charge in [0.05, 0.1) is 23.2 Å². The summed E-state index contributed by atoms with van der Waals surface area (Å²) in [7, 11) is 0. The molecule has 1 aromatic heterocycles. The van der Waals surface area contributed by atoms with E-state index in [1.165, 1.54) is 5.56 Å².